The number of benzene rings is 9. The van der Waals surface area contributed by atoms with Crippen LogP contribution in [0.4, 0.5) is 0 Å². The topological polar surface area (TPSA) is 40.5 Å². The van der Waals surface area contributed by atoms with Crippen LogP contribution in [0.1, 0.15) is 26.3 Å². The van der Waals surface area contributed by atoms with Gasteiger partial charge in [-0.25, -0.2) is 4.98 Å². The van der Waals surface area contributed by atoms with Crippen molar-refractivity contribution in [3.05, 3.63) is 243 Å². The number of hydrogen-bond acceptors (Lipinski definition) is 2. The molecule has 14 aromatic rings. The third-order valence-corrected chi connectivity index (χ3v) is 14.3. The number of rotatable bonds is 6. The normalized spacial score (nSPS) is 11.9. The summed E-state index contributed by atoms with van der Waals surface area (Å²) in [7, 11) is 0. The number of imidazole rings is 1. The number of ether oxygens (including phenoxy) is 1. The van der Waals surface area contributed by atoms with E-state index in [1.165, 1.54) is 5.56 Å². The molecule has 0 aliphatic heterocycles. The molecule has 0 N–H and O–H groups in total. The number of aromatic nitrogens is 5. The van der Waals surface area contributed by atoms with Crippen LogP contribution in [0.5, 0.6) is 11.5 Å². The first kappa shape index (κ1) is 44.4. The van der Waals surface area contributed by atoms with Gasteiger partial charge in [0.05, 0.1) is 16.6 Å². The maximum Gasteiger partial charge on any atom is 0.196 e. The maximum atomic E-state index is 6.81. The number of fused-ring (bicyclic) bond motifs is 13. The van der Waals surface area contributed by atoms with E-state index in [9.17, 15) is 0 Å². The molecule has 5 heterocycles. The van der Waals surface area contributed by atoms with Crippen LogP contribution in [0, 0.1) is 18.5 Å². The van der Waals surface area contributed by atoms with Crippen LogP contribution >= 0.6 is 0 Å². The molecule has 0 amide bonds. The SMILES string of the molecule is CC(C)(C)c1ccnc(-n2c3[c-]c(Oc4[c-]c(-n5[c-][n+]6c7c(-c8ccccc8)cccc7c7c(-c8ccccc8)cccc7c7ccccc7n7c8ccccc8c5c76)ccc4)ccc3c3ccccc32)c1.[Pt]. The van der Waals surface area contributed by atoms with Gasteiger partial charge in [0.25, 0.3) is 0 Å². The summed E-state index contributed by atoms with van der Waals surface area (Å²) in [6, 6.07) is 82.8. The minimum absolute atomic E-state index is 0. The molecule has 7 heteroatoms. The van der Waals surface area contributed by atoms with Crippen LogP contribution in [-0.2, 0) is 26.5 Å². The monoisotopic (exact) mass is 1120 g/mol. The van der Waals surface area contributed by atoms with E-state index in [1.807, 2.05) is 24.4 Å². The Morgan fingerprint density at radius 1 is 0.507 bits per heavy atom. The first-order valence-electron chi connectivity index (χ1n) is 24.5. The minimum Gasteiger partial charge on any atom is -0.510 e. The molecule has 0 spiro atoms. The Morgan fingerprint density at radius 3 is 1.84 bits per heavy atom. The van der Waals surface area contributed by atoms with Crippen LogP contribution in [0.3, 0.4) is 0 Å². The van der Waals surface area contributed by atoms with Crippen molar-refractivity contribution >= 4 is 76.5 Å². The third kappa shape index (κ3) is 7.11. The van der Waals surface area contributed by atoms with Gasteiger partial charge in [0, 0.05) is 55.1 Å². The molecule has 352 valence electrons. The van der Waals surface area contributed by atoms with Crippen LogP contribution < -0.4 is 9.14 Å². The predicted octanol–water partition coefficient (Wildman–Crippen LogP) is 16.0. The number of hydrogen-bond donors (Lipinski definition) is 0. The summed E-state index contributed by atoms with van der Waals surface area (Å²) < 4.78 is 15.9. The Kier molecular flexibility index (Phi) is 10.5. The van der Waals surface area contributed by atoms with E-state index in [4.69, 9.17) is 9.72 Å². The molecule has 0 atom stereocenters. The smallest absolute Gasteiger partial charge is 0.196 e. The quantitative estimate of drug-likeness (QED) is 0.123. The van der Waals surface area contributed by atoms with Crippen molar-refractivity contribution in [3.63, 3.8) is 0 Å². The van der Waals surface area contributed by atoms with Gasteiger partial charge < -0.3 is 13.9 Å². The second-order valence-corrected chi connectivity index (χ2v) is 19.6. The summed E-state index contributed by atoms with van der Waals surface area (Å²) in [5, 5.41) is 7.85. The molecular weight excluding hydrogens is 1070 g/mol. The van der Waals surface area contributed by atoms with Crippen molar-refractivity contribution in [2.24, 2.45) is 0 Å². The van der Waals surface area contributed by atoms with Crippen molar-refractivity contribution in [2.45, 2.75) is 26.2 Å². The first-order valence-corrected chi connectivity index (χ1v) is 24.5. The summed E-state index contributed by atoms with van der Waals surface area (Å²) >= 11 is 0. The Labute approximate surface area is 436 Å². The van der Waals surface area contributed by atoms with E-state index in [0.717, 1.165) is 110 Å². The minimum atomic E-state index is -0.0446. The van der Waals surface area contributed by atoms with Crippen molar-refractivity contribution < 1.29 is 30.2 Å². The molecule has 0 bridgehead atoms. The second kappa shape index (κ2) is 17.3. The van der Waals surface area contributed by atoms with Gasteiger partial charge in [-0.2, -0.15) is 18.2 Å². The Hall–Kier alpha value is -8.57. The van der Waals surface area contributed by atoms with Gasteiger partial charge in [0.15, 0.2) is 12.0 Å². The fourth-order valence-corrected chi connectivity index (χ4v) is 11.0. The molecule has 9 aromatic carbocycles. The fourth-order valence-electron chi connectivity index (χ4n) is 11.0. The van der Waals surface area contributed by atoms with E-state index < -0.39 is 0 Å². The van der Waals surface area contributed by atoms with Gasteiger partial charge in [0.2, 0.25) is 0 Å². The number of para-hydroxylation sites is 4. The first-order chi connectivity index (χ1) is 35.4. The van der Waals surface area contributed by atoms with E-state index in [-0.39, 0.29) is 26.5 Å². The van der Waals surface area contributed by atoms with Crippen molar-refractivity contribution in [1.29, 1.82) is 0 Å². The molecule has 0 saturated carbocycles. The number of nitrogens with zero attached hydrogens (tertiary/aromatic N) is 5. The third-order valence-electron chi connectivity index (χ3n) is 14.3. The fraction of sp³-hybridized carbons (Fsp3) is 0.0606. The summed E-state index contributed by atoms with van der Waals surface area (Å²) in [5.41, 5.74) is 13.6. The molecule has 0 unspecified atom stereocenters. The van der Waals surface area contributed by atoms with Gasteiger partial charge >= 0.3 is 0 Å². The van der Waals surface area contributed by atoms with Crippen LogP contribution in [-0.4, -0.2) is 18.5 Å². The maximum absolute atomic E-state index is 6.81. The zero-order valence-corrected chi connectivity index (χ0v) is 42.5. The molecule has 5 aromatic heterocycles. The average Bonchev–Trinajstić information content (AvgIpc) is 4.09. The van der Waals surface area contributed by atoms with Crippen LogP contribution in [0.15, 0.2) is 219 Å². The standard InChI is InChI=1S/C66H45N5O.Pt/c1-66(2,3)45-37-38-67-61(39-45)70-57-32-13-10-25-51(57)53-36-35-48(41-60(53)70)72-47-24-16-23-46(40-47)68-42-69-63-50(44-21-8-5-9-22-44)29-18-31-56(63)62-49(43-19-6-4-7-20-43)28-17-30-54(62)52-26-11-14-33-58(52)71-59-34-15-12-27-55(59)64(68)65(69)71;/h4-39H,1-3H3;/q-2;. The average molecular weight is 1120 g/mol. The van der Waals surface area contributed by atoms with Gasteiger partial charge in [-0.05, 0) is 85.1 Å². The summed E-state index contributed by atoms with van der Waals surface area (Å²) in [6.45, 7) is 6.69. The Bertz CT molecular complexity index is 4520. The zero-order valence-electron chi connectivity index (χ0n) is 40.2. The zero-order chi connectivity index (χ0) is 48.1. The second-order valence-electron chi connectivity index (χ2n) is 19.6. The van der Waals surface area contributed by atoms with Crippen molar-refractivity contribution in [3.8, 4) is 45.3 Å². The summed E-state index contributed by atoms with van der Waals surface area (Å²) in [4.78, 5) is 4.90. The van der Waals surface area contributed by atoms with E-state index in [1.54, 1.807) is 0 Å². The van der Waals surface area contributed by atoms with Gasteiger partial charge in [0.1, 0.15) is 11.3 Å². The van der Waals surface area contributed by atoms with Gasteiger partial charge in [-0.1, -0.05) is 184 Å². The molecule has 0 saturated heterocycles. The molecule has 0 fully saturated rings. The predicted molar refractivity (Wildman–Crippen MR) is 293 cm³/mol. The molecule has 0 aliphatic carbocycles. The van der Waals surface area contributed by atoms with E-state index in [0.29, 0.717) is 11.5 Å². The van der Waals surface area contributed by atoms with E-state index >= 15 is 0 Å². The summed E-state index contributed by atoms with van der Waals surface area (Å²) in [6.07, 6.45) is 5.88. The molecule has 6 nitrogen and oxygen atoms in total. The molecular formula is C66H45N5OPt-2. The Balaban J connectivity index is 0.00000516. The van der Waals surface area contributed by atoms with Crippen molar-refractivity contribution in [2.75, 3.05) is 0 Å². The van der Waals surface area contributed by atoms with E-state index in [2.05, 4.69) is 251 Å². The number of pyridine rings is 1. The van der Waals surface area contributed by atoms with Crippen LogP contribution in [0.25, 0.3) is 110 Å². The molecule has 0 radical (unpaired) electrons. The van der Waals surface area contributed by atoms with Gasteiger partial charge in [-0.15, -0.1) is 29.7 Å². The molecule has 0 aliphatic rings. The largest absolute Gasteiger partial charge is 0.510 e. The summed E-state index contributed by atoms with van der Waals surface area (Å²) in [5.74, 6) is 1.98. The van der Waals surface area contributed by atoms with Gasteiger partial charge in [-0.3, -0.25) is 8.80 Å². The van der Waals surface area contributed by atoms with Crippen molar-refractivity contribution in [1.82, 2.24) is 18.5 Å². The molecule has 73 heavy (non-hydrogen) atoms. The Morgan fingerprint density at radius 2 is 1.10 bits per heavy atom. The molecule has 14 rings (SSSR count). The van der Waals surface area contributed by atoms with Crippen LogP contribution in [0.2, 0.25) is 0 Å².